The third-order valence-corrected chi connectivity index (χ3v) is 5.08. The SMILES string of the molecule is Cc1cccc(CN2CCCn3cccc3[C@H]2c2ccc(F)cc2F)c1. The highest BCUT2D eigenvalue weighted by molar-refractivity contribution is 5.32. The van der Waals surface area contributed by atoms with Crippen molar-refractivity contribution in [3.05, 3.63) is 94.8 Å². The van der Waals surface area contributed by atoms with Crippen LogP contribution in [0.3, 0.4) is 0 Å². The van der Waals surface area contributed by atoms with E-state index in [-0.39, 0.29) is 6.04 Å². The van der Waals surface area contributed by atoms with Crippen LogP contribution < -0.4 is 0 Å². The molecule has 1 aliphatic heterocycles. The van der Waals surface area contributed by atoms with E-state index in [1.54, 1.807) is 6.07 Å². The molecule has 3 aromatic rings. The van der Waals surface area contributed by atoms with Crippen LogP contribution in [-0.4, -0.2) is 16.0 Å². The number of aromatic nitrogens is 1. The van der Waals surface area contributed by atoms with Crippen molar-refractivity contribution in [2.75, 3.05) is 6.54 Å². The van der Waals surface area contributed by atoms with E-state index in [9.17, 15) is 8.78 Å². The van der Waals surface area contributed by atoms with Crippen LogP contribution in [0.15, 0.2) is 60.8 Å². The third kappa shape index (κ3) is 3.29. The molecular weight excluding hydrogens is 330 g/mol. The highest BCUT2D eigenvalue weighted by atomic mass is 19.1. The van der Waals surface area contributed by atoms with Crippen LogP contribution in [0.4, 0.5) is 8.78 Å². The fourth-order valence-electron chi connectivity index (χ4n) is 3.93. The number of benzene rings is 2. The molecule has 0 aliphatic carbocycles. The predicted molar refractivity (Wildman–Crippen MR) is 98.8 cm³/mol. The number of hydrogen-bond acceptors (Lipinski definition) is 1. The van der Waals surface area contributed by atoms with Gasteiger partial charge in [0.1, 0.15) is 11.6 Å². The molecule has 134 valence electrons. The second-order valence-corrected chi connectivity index (χ2v) is 7.01. The number of hydrogen-bond donors (Lipinski definition) is 0. The van der Waals surface area contributed by atoms with Gasteiger partial charge in [-0.25, -0.2) is 8.78 Å². The van der Waals surface area contributed by atoms with Crippen molar-refractivity contribution < 1.29 is 8.78 Å². The Bertz CT molecular complexity index is 916. The van der Waals surface area contributed by atoms with Crippen LogP contribution in [0, 0.1) is 18.6 Å². The van der Waals surface area contributed by atoms with Gasteiger partial charge in [0.25, 0.3) is 0 Å². The molecule has 0 unspecified atom stereocenters. The number of fused-ring (bicyclic) bond motifs is 1. The molecule has 1 aromatic heterocycles. The molecule has 0 bridgehead atoms. The van der Waals surface area contributed by atoms with Crippen molar-refractivity contribution in [3.8, 4) is 0 Å². The fraction of sp³-hybridized carbons (Fsp3) is 0.273. The Balaban J connectivity index is 1.78. The molecule has 0 fully saturated rings. The maximum absolute atomic E-state index is 14.7. The monoisotopic (exact) mass is 352 g/mol. The maximum atomic E-state index is 14.7. The number of rotatable bonds is 3. The van der Waals surface area contributed by atoms with Crippen LogP contribution in [0.2, 0.25) is 0 Å². The minimum Gasteiger partial charge on any atom is -0.350 e. The highest BCUT2D eigenvalue weighted by Gasteiger charge is 2.29. The van der Waals surface area contributed by atoms with Crippen LogP contribution in [0.25, 0.3) is 0 Å². The van der Waals surface area contributed by atoms with Crippen LogP contribution in [0.5, 0.6) is 0 Å². The van der Waals surface area contributed by atoms with Crippen molar-refractivity contribution in [3.63, 3.8) is 0 Å². The predicted octanol–water partition coefficient (Wildman–Crippen LogP) is 5.07. The standard InChI is InChI=1S/C22H22F2N2/c1-16-5-2-6-17(13-16)15-26-12-4-11-25-10-3-7-21(25)22(26)19-9-8-18(23)14-20(19)24/h2-3,5-10,13-14,22H,4,11-12,15H2,1H3/t22-/m1/s1. The first kappa shape index (κ1) is 17.0. The Labute approximate surface area is 152 Å². The number of halogens is 2. The Morgan fingerprint density at radius 3 is 2.69 bits per heavy atom. The quantitative estimate of drug-likeness (QED) is 0.639. The summed E-state index contributed by atoms with van der Waals surface area (Å²) < 4.78 is 30.3. The van der Waals surface area contributed by atoms with Gasteiger partial charge in [0.2, 0.25) is 0 Å². The molecule has 1 atom stereocenters. The maximum Gasteiger partial charge on any atom is 0.131 e. The zero-order valence-electron chi connectivity index (χ0n) is 14.8. The normalized spacial score (nSPS) is 17.7. The van der Waals surface area contributed by atoms with E-state index in [4.69, 9.17) is 0 Å². The van der Waals surface area contributed by atoms with Gasteiger partial charge in [-0.05, 0) is 37.1 Å². The van der Waals surface area contributed by atoms with E-state index in [2.05, 4.69) is 40.7 Å². The summed E-state index contributed by atoms with van der Waals surface area (Å²) in [5, 5.41) is 0. The summed E-state index contributed by atoms with van der Waals surface area (Å²) >= 11 is 0. The van der Waals surface area contributed by atoms with Gasteiger partial charge >= 0.3 is 0 Å². The van der Waals surface area contributed by atoms with E-state index in [0.29, 0.717) is 5.56 Å². The molecular formula is C22H22F2N2. The topological polar surface area (TPSA) is 8.17 Å². The molecule has 4 rings (SSSR count). The molecule has 1 aliphatic rings. The Kier molecular flexibility index (Phi) is 4.60. The molecule has 0 saturated heterocycles. The second kappa shape index (κ2) is 7.04. The van der Waals surface area contributed by atoms with Gasteiger partial charge in [-0.1, -0.05) is 35.9 Å². The molecule has 2 heterocycles. The van der Waals surface area contributed by atoms with Gasteiger partial charge in [-0.15, -0.1) is 0 Å². The lowest BCUT2D eigenvalue weighted by molar-refractivity contribution is 0.216. The minimum atomic E-state index is -0.541. The zero-order chi connectivity index (χ0) is 18.1. The number of nitrogens with zero attached hydrogens (tertiary/aromatic N) is 2. The Hall–Kier alpha value is -2.46. The van der Waals surface area contributed by atoms with Crippen molar-refractivity contribution in [2.24, 2.45) is 0 Å². The van der Waals surface area contributed by atoms with Crippen LogP contribution in [-0.2, 0) is 13.1 Å². The van der Waals surface area contributed by atoms with E-state index in [0.717, 1.165) is 37.8 Å². The van der Waals surface area contributed by atoms with Crippen molar-refractivity contribution >= 4 is 0 Å². The zero-order valence-corrected chi connectivity index (χ0v) is 14.8. The average Bonchev–Trinajstić information content (AvgIpc) is 2.98. The van der Waals surface area contributed by atoms with E-state index < -0.39 is 11.6 Å². The van der Waals surface area contributed by atoms with E-state index >= 15 is 0 Å². The Morgan fingerprint density at radius 1 is 1.00 bits per heavy atom. The van der Waals surface area contributed by atoms with Crippen LogP contribution in [0.1, 0.15) is 34.8 Å². The fourth-order valence-corrected chi connectivity index (χ4v) is 3.93. The molecule has 0 amide bonds. The summed E-state index contributed by atoms with van der Waals surface area (Å²) in [7, 11) is 0. The largest absolute Gasteiger partial charge is 0.350 e. The molecule has 4 heteroatoms. The molecule has 0 N–H and O–H groups in total. The summed E-state index contributed by atoms with van der Waals surface area (Å²) in [5.41, 5.74) is 4.00. The minimum absolute atomic E-state index is 0.228. The second-order valence-electron chi connectivity index (χ2n) is 7.01. The molecule has 2 aromatic carbocycles. The van der Waals surface area contributed by atoms with Gasteiger partial charge < -0.3 is 4.57 Å². The summed E-state index contributed by atoms with van der Waals surface area (Å²) in [5.74, 6) is -1.03. The Morgan fingerprint density at radius 2 is 1.88 bits per heavy atom. The van der Waals surface area contributed by atoms with Gasteiger partial charge in [0.15, 0.2) is 0 Å². The summed E-state index contributed by atoms with van der Waals surface area (Å²) in [4.78, 5) is 2.30. The first-order valence-corrected chi connectivity index (χ1v) is 9.01. The van der Waals surface area contributed by atoms with E-state index in [1.807, 2.05) is 18.3 Å². The van der Waals surface area contributed by atoms with Crippen molar-refractivity contribution in [1.29, 1.82) is 0 Å². The van der Waals surface area contributed by atoms with Crippen molar-refractivity contribution in [2.45, 2.75) is 32.5 Å². The first-order valence-electron chi connectivity index (χ1n) is 9.01. The van der Waals surface area contributed by atoms with Crippen LogP contribution >= 0.6 is 0 Å². The third-order valence-electron chi connectivity index (χ3n) is 5.08. The van der Waals surface area contributed by atoms with Gasteiger partial charge in [-0.3, -0.25) is 4.90 Å². The lowest BCUT2D eigenvalue weighted by atomic mass is 10.00. The van der Waals surface area contributed by atoms with E-state index in [1.165, 1.54) is 17.2 Å². The lowest BCUT2D eigenvalue weighted by Gasteiger charge is -2.31. The van der Waals surface area contributed by atoms with Crippen molar-refractivity contribution in [1.82, 2.24) is 9.47 Å². The molecule has 0 radical (unpaired) electrons. The molecule has 0 saturated carbocycles. The smallest absolute Gasteiger partial charge is 0.131 e. The molecule has 0 spiro atoms. The summed E-state index contributed by atoms with van der Waals surface area (Å²) in [6.07, 6.45) is 3.03. The average molecular weight is 352 g/mol. The van der Waals surface area contributed by atoms with Gasteiger partial charge in [-0.2, -0.15) is 0 Å². The highest BCUT2D eigenvalue weighted by Crippen LogP contribution is 2.34. The summed E-state index contributed by atoms with van der Waals surface area (Å²) in [6, 6.07) is 16.1. The van der Waals surface area contributed by atoms with Gasteiger partial charge in [0.05, 0.1) is 6.04 Å². The first-order chi connectivity index (χ1) is 12.6. The molecule has 26 heavy (non-hydrogen) atoms. The number of aryl methyl sites for hydroxylation is 2. The summed E-state index contributed by atoms with van der Waals surface area (Å²) in [6.45, 7) is 4.58. The van der Waals surface area contributed by atoms with Gasteiger partial charge in [0, 0.05) is 43.2 Å². The lowest BCUT2D eigenvalue weighted by Crippen LogP contribution is -2.30. The molecule has 2 nitrogen and oxygen atoms in total.